The third kappa shape index (κ3) is 2.92. The van der Waals surface area contributed by atoms with E-state index in [1.807, 2.05) is 48.7 Å². The van der Waals surface area contributed by atoms with Crippen molar-refractivity contribution in [2.45, 2.75) is 6.04 Å². The number of phenols is 1. The summed E-state index contributed by atoms with van der Waals surface area (Å²) in [6.45, 7) is 4.01. The molecule has 5 N–H and O–H groups in total. The number of nitrogen functional groups attached to an aromatic ring is 1. The number of benzene rings is 2. The van der Waals surface area contributed by atoms with Crippen LogP contribution in [0.5, 0.6) is 5.75 Å². The van der Waals surface area contributed by atoms with E-state index in [1.54, 1.807) is 0 Å². The van der Waals surface area contributed by atoms with Gasteiger partial charge in [0.2, 0.25) is 0 Å². The number of nitrogens with two attached hydrogens (primary N) is 1. The fourth-order valence-corrected chi connectivity index (χ4v) is 4.65. The minimum Gasteiger partial charge on any atom is -0.506 e. The van der Waals surface area contributed by atoms with Crippen molar-refractivity contribution in [2.75, 3.05) is 5.43 Å². The molecule has 0 spiro atoms. The first kappa shape index (κ1) is 18.0. The van der Waals surface area contributed by atoms with Gasteiger partial charge in [-0.25, -0.2) is 5.84 Å². The Hall–Kier alpha value is -2.35. The van der Waals surface area contributed by atoms with Crippen molar-refractivity contribution in [1.82, 2.24) is 4.98 Å². The Labute approximate surface area is 172 Å². The van der Waals surface area contributed by atoms with E-state index in [0.717, 1.165) is 32.8 Å². The quantitative estimate of drug-likeness (QED) is 0.336. The Kier molecular flexibility index (Phi) is 4.67. The van der Waals surface area contributed by atoms with Crippen LogP contribution in [0.3, 0.4) is 0 Å². The highest BCUT2D eigenvalue weighted by Gasteiger charge is 2.26. The number of hydrogen-bond acceptors (Lipinski definition) is 4. The number of rotatable bonds is 3. The number of phenolic OH excluding ortho intramolecular Hbond substituents is 1. The van der Waals surface area contributed by atoms with Crippen LogP contribution in [0.1, 0.15) is 22.7 Å². The number of H-pyrrole nitrogens is 1. The minimum atomic E-state index is -0.287. The third-order valence-electron chi connectivity index (χ3n) is 4.64. The Bertz CT molecular complexity index is 1160. The molecule has 0 aliphatic carbocycles. The number of nitrogens with one attached hydrogen (secondary N) is 2. The van der Waals surface area contributed by atoms with Crippen LogP contribution in [-0.4, -0.2) is 10.1 Å². The number of halogens is 2. The van der Waals surface area contributed by atoms with Crippen LogP contribution in [0.25, 0.3) is 5.57 Å². The zero-order chi connectivity index (χ0) is 19.1. The molecule has 4 rings (SSSR count). The lowest BCUT2D eigenvalue weighted by atomic mass is 9.94. The van der Waals surface area contributed by atoms with E-state index in [2.05, 4.69) is 48.8 Å². The summed E-state index contributed by atoms with van der Waals surface area (Å²) in [5, 5.41) is 11.9. The Morgan fingerprint density at radius 2 is 1.93 bits per heavy atom. The van der Waals surface area contributed by atoms with E-state index in [-0.39, 0.29) is 11.8 Å². The lowest BCUT2D eigenvalue weighted by Gasteiger charge is -2.15. The molecule has 7 heteroatoms. The maximum absolute atomic E-state index is 10.1. The molecule has 5 nitrogen and oxygen atoms in total. The molecule has 27 heavy (non-hydrogen) atoms. The fourth-order valence-electron chi connectivity index (χ4n) is 3.42. The van der Waals surface area contributed by atoms with Gasteiger partial charge in [0.1, 0.15) is 17.6 Å². The molecule has 0 bridgehead atoms. The van der Waals surface area contributed by atoms with Gasteiger partial charge in [0, 0.05) is 22.5 Å². The van der Waals surface area contributed by atoms with E-state index in [4.69, 9.17) is 10.8 Å². The largest absolute Gasteiger partial charge is 0.506 e. The zero-order valence-electron chi connectivity index (χ0n) is 14.1. The van der Waals surface area contributed by atoms with Crippen molar-refractivity contribution in [3.05, 3.63) is 91.5 Å². The topological polar surface area (TPSA) is 86.4 Å². The third-order valence-corrected chi connectivity index (χ3v) is 5.85. The predicted octanol–water partition coefficient (Wildman–Crippen LogP) is 3.64. The van der Waals surface area contributed by atoms with E-state index in [1.165, 1.54) is 0 Å². The highest BCUT2D eigenvalue weighted by Crippen LogP contribution is 2.41. The van der Waals surface area contributed by atoms with Crippen LogP contribution in [-0.2, 0) is 0 Å². The van der Waals surface area contributed by atoms with Crippen molar-refractivity contribution in [3.63, 3.8) is 0 Å². The van der Waals surface area contributed by atoms with Gasteiger partial charge >= 0.3 is 0 Å². The number of anilines is 1. The summed E-state index contributed by atoms with van der Waals surface area (Å²) < 4.78 is 1.20. The van der Waals surface area contributed by atoms with Crippen LogP contribution >= 0.6 is 31.9 Å². The number of aromatic nitrogens is 1. The molecule has 0 saturated carbocycles. The van der Waals surface area contributed by atoms with Crippen molar-refractivity contribution >= 4 is 43.3 Å². The summed E-state index contributed by atoms with van der Waals surface area (Å²) in [5.41, 5.74) is 6.53. The van der Waals surface area contributed by atoms with Gasteiger partial charge in [0.05, 0.1) is 14.3 Å². The summed E-state index contributed by atoms with van der Waals surface area (Å²) in [7, 11) is 0. The molecule has 1 unspecified atom stereocenters. The average Bonchev–Trinajstić information content (AvgIpc) is 3.03. The highest BCUT2D eigenvalue weighted by atomic mass is 79.9. The average molecular weight is 488 g/mol. The Morgan fingerprint density at radius 3 is 2.59 bits per heavy atom. The standard InChI is InChI=1S/C20H16Br2N4O/c1-2-11-12-5-3-4-6-16(12)25-18(13-9-24-20(26-23)17(11)13)10-7-14(21)19(27)15(22)8-10/h2-9,18,24,26-27H,1,23H2. The van der Waals surface area contributed by atoms with E-state index in [0.29, 0.717) is 14.8 Å². The molecular formula is C20H16Br2N4O. The molecule has 136 valence electrons. The lowest BCUT2D eigenvalue weighted by molar-refractivity contribution is 0.468. The number of nitrogens with zero attached hydrogens (tertiary/aromatic N) is 1. The molecule has 3 aromatic rings. The molecule has 1 atom stereocenters. The number of aromatic amines is 1. The number of hydrazine groups is 1. The van der Waals surface area contributed by atoms with Crippen LogP contribution in [0.15, 0.2) is 69.2 Å². The van der Waals surface area contributed by atoms with E-state index in [9.17, 15) is 5.11 Å². The van der Waals surface area contributed by atoms with Crippen molar-refractivity contribution in [1.29, 1.82) is 0 Å². The summed E-state index contributed by atoms with van der Waals surface area (Å²) in [6.07, 6.45) is 3.73. The van der Waals surface area contributed by atoms with Gasteiger partial charge in [-0.15, -0.1) is 0 Å². The van der Waals surface area contributed by atoms with Crippen LogP contribution in [0.4, 0.5) is 5.82 Å². The van der Waals surface area contributed by atoms with Gasteiger partial charge < -0.3 is 15.5 Å². The number of hydrogen-bond donors (Lipinski definition) is 4. The molecule has 1 aliphatic heterocycles. The first-order valence-electron chi connectivity index (χ1n) is 8.21. The molecule has 0 saturated heterocycles. The van der Waals surface area contributed by atoms with Crippen LogP contribution in [0.2, 0.25) is 0 Å². The maximum atomic E-state index is 10.1. The number of para-hydroxylation sites is 1. The van der Waals surface area contributed by atoms with Gasteiger partial charge in [0.25, 0.3) is 0 Å². The van der Waals surface area contributed by atoms with Crippen molar-refractivity contribution in [2.24, 2.45) is 10.8 Å². The summed E-state index contributed by atoms with van der Waals surface area (Å²) >= 11 is 6.83. The molecular weight excluding hydrogens is 472 g/mol. The maximum Gasteiger partial charge on any atom is 0.143 e. The molecule has 0 radical (unpaired) electrons. The first-order valence-corrected chi connectivity index (χ1v) is 9.79. The second-order valence-corrected chi connectivity index (χ2v) is 7.85. The summed E-state index contributed by atoms with van der Waals surface area (Å²) in [4.78, 5) is 8.22. The molecule has 0 fully saturated rings. The molecule has 1 aromatic heterocycles. The SMILES string of the molecule is C=CC1=c2ccccc2=NC(c2cc(Br)c(O)c(Br)c2)c2c[nH]c(NN)c21. The van der Waals surface area contributed by atoms with Crippen molar-refractivity contribution in [3.8, 4) is 5.75 Å². The smallest absolute Gasteiger partial charge is 0.143 e. The predicted molar refractivity (Wildman–Crippen MR) is 114 cm³/mol. The minimum absolute atomic E-state index is 0.157. The van der Waals surface area contributed by atoms with Crippen molar-refractivity contribution < 1.29 is 5.11 Å². The van der Waals surface area contributed by atoms with Gasteiger partial charge in [-0.3, -0.25) is 4.99 Å². The number of aromatic hydroxyl groups is 1. The van der Waals surface area contributed by atoms with Gasteiger partial charge in [-0.2, -0.15) is 0 Å². The molecule has 2 heterocycles. The Balaban J connectivity index is 2.10. The van der Waals surface area contributed by atoms with E-state index < -0.39 is 0 Å². The molecule has 2 aromatic carbocycles. The second-order valence-electron chi connectivity index (χ2n) is 6.14. The second kappa shape index (κ2) is 6.99. The highest BCUT2D eigenvalue weighted by molar-refractivity contribution is 9.11. The van der Waals surface area contributed by atoms with E-state index >= 15 is 0 Å². The monoisotopic (exact) mass is 486 g/mol. The van der Waals surface area contributed by atoms with Gasteiger partial charge in [-0.1, -0.05) is 30.9 Å². The fraction of sp³-hybridized carbons (Fsp3) is 0.0500. The molecule has 0 amide bonds. The molecule has 1 aliphatic rings. The summed E-state index contributed by atoms with van der Waals surface area (Å²) in [5.74, 6) is 6.61. The van der Waals surface area contributed by atoms with Gasteiger partial charge in [-0.05, 0) is 61.2 Å². The summed E-state index contributed by atoms with van der Waals surface area (Å²) in [6, 6.07) is 11.4. The Morgan fingerprint density at radius 1 is 1.22 bits per heavy atom. The van der Waals surface area contributed by atoms with Crippen LogP contribution in [0, 0.1) is 0 Å². The van der Waals surface area contributed by atoms with Gasteiger partial charge in [0.15, 0.2) is 0 Å². The zero-order valence-corrected chi connectivity index (χ0v) is 17.3. The first-order chi connectivity index (χ1) is 13.0. The number of allylic oxidation sites excluding steroid dienone is 1. The lowest BCUT2D eigenvalue weighted by Crippen LogP contribution is -2.26. The van der Waals surface area contributed by atoms with Crippen LogP contribution < -0.4 is 21.8 Å². The number of fused-ring (bicyclic) bond motifs is 2. The normalized spacial score (nSPS) is 15.4.